The van der Waals surface area contributed by atoms with E-state index in [0.29, 0.717) is 0 Å². The summed E-state index contributed by atoms with van der Waals surface area (Å²) in [6.07, 6.45) is 0. The average Bonchev–Trinajstić information content (AvgIpc) is 2.46. The molecule has 0 aliphatic carbocycles. The second kappa shape index (κ2) is 7.12. The van der Waals surface area contributed by atoms with E-state index in [9.17, 15) is 14.4 Å². The molecule has 1 heterocycles. The molecule has 9 nitrogen and oxygen atoms in total. The second-order valence-electron chi connectivity index (χ2n) is 3.27. The van der Waals surface area contributed by atoms with Crippen LogP contribution in [0.15, 0.2) is 0 Å². The van der Waals surface area contributed by atoms with E-state index in [1.807, 2.05) is 0 Å². The zero-order valence-electron chi connectivity index (χ0n) is 11.2. The van der Waals surface area contributed by atoms with Gasteiger partial charge in [-0.2, -0.15) is 0 Å². The molecule has 0 bridgehead atoms. The van der Waals surface area contributed by atoms with E-state index in [1.54, 1.807) is 13.8 Å². The van der Waals surface area contributed by atoms with E-state index in [-0.39, 0.29) is 13.2 Å². The summed E-state index contributed by atoms with van der Waals surface area (Å²) in [4.78, 5) is 38.3. The third kappa shape index (κ3) is 3.46. The lowest BCUT2D eigenvalue weighted by Crippen LogP contribution is -2.22. The second-order valence-corrected chi connectivity index (χ2v) is 3.27. The van der Waals surface area contributed by atoms with E-state index in [2.05, 4.69) is 19.9 Å². The fourth-order valence-corrected chi connectivity index (χ4v) is 1.18. The normalized spacial score (nSPS) is 9.75. The predicted molar refractivity (Wildman–Crippen MR) is 63.1 cm³/mol. The van der Waals surface area contributed by atoms with Crippen LogP contribution >= 0.6 is 0 Å². The smallest absolute Gasteiger partial charge is 0.378 e. The number of hydrogen-bond donors (Lipinski definition) is 0. The number of methoxy groups -OCH3 is 1. The van der Waals surface area contributed by atoms with Crippen molar-refractivity contribution in [2.24, 2.45) is 0 Å². The first-order valence-corrected chi connectivity index (χ1v) is 5.72. The van der Waals surface area contributed by atoms with Gasteiger partial charge in [0.2, 0.25) is 5.69 Å². The Balaban J connectivity index is 3.26. The molecule has 0 saturated heterocycles. The van der Waals surface area contributed by atoms with Crippen molar-refractivity contribution in [2.75, 3.05) is 20.3 Å². The highest BCUT2D eigenvalue weighted by atomic mass is 16.5. The van der Waals surface area contributed by atoms with E-state index >= 15 is 0 Å². The molecule has 9 heteroatoms. The van der Waals surface area contributed by atoms with Gasteiger partial charge in [0.1, 0.15) is 0 Å². The molecule has 0 spiro atoms. The highest BCUT2D eigenvalue weighted by Gasteiger charge is 2.26. The van der Waals surface area contributed by atoms with E-state index in [0.717, 1.165) is 7.11 Å². The maximum Gasteiger partial charge on any atom is 0.378 e. The molecule has 0 aliphatic rings. The van der Waals surface area contributed by atoms with E-state index in [4.69, 9.17) is 9.47 Å². The molecular weight excluding hydrogens is 270 g/mol. The van der Waals surface area contributed by atoms with Crippen LogP contribution in [-0.4, -0.2) is 53.4 Å². The topological polar surface area (TPSA) is 118 Å². The van der Waals surface area contributed by atoms with Gasteiger partial charge in [-0.3, -0.25) is 0 Å². The number of carbonyl (C=O) groups excluding carboxylic acids is 3. The molecule has 0 amide bonds. The van der Waals surface area contributed by atoms with Crippen LogP contribution in [0.3, 0.4) is 0 Å². The Morgan fingerprint density at radius 2 is 1.45 bits per heavy atom. The number of ether oxygens (including phenoxy) is 3. The lowest BCUT2D eigenvalue weighted by Gasteiger charge is -2.06. The summed E-state index contributed by atoms with van der Waals surface area (Å²) < 4.78 is 13.9. The fraction of sp³-hybridized carbons (Fsp3) is 0.455. The first kappa shape index (κ1) is 15.5. The van der Waals surface area contributed by atoms with Crippen molar-refractivity contribution in [3.8, 4) is 0 Å². The molecule has 20 heavy (non-hydrogen) atoms. The van der Waals surface area contributed by atoms with Crippen molar-refractivity contribution < 1.29 is 28.6 Å². The first-order chi connectivity index (χ1) is 9.54. The molecule has 1 aromatic heterocycles. The third-order valence-corrected chi connectivity index (χ3v) is 1.99. The van der Waals surface area contributed by atoms with Gasteiger partial charge in [-0.15, -0.1) is 10.2 Å². The quantitative estimate of drug-likeness (QED) is 0.543. The standard InChI is InChI=1S/C11H13N3O6/c1-4-19-9(15)6-7(10(16)20-5-2)13-14-8(12-6)11(17)18-3/h4-5H2,1-3H3. The molecule has 108 valence electrons. The minimum Gasteiger partial charge on any atom is -0.463 e. The zero-order chi connectivity index (χ0) is 15.1. The molecule has 0 atom stereocenters. The fourth-order valence-electron chi connectivity index (χ4n) is 1.18. The summed E-state index contributed by atoms with van der Waals surface area (Å²) in [6.45, 7) is 3.32. The first-order valence-electron chi connectivity index (χ1n) is 5.72. The van der Waals surface area contributed by atoms with Gasteiger partial charge < -0.3 is 14.2 Å². The minimum atomic E-state index is -0.907. The Kier molecular flexibility index (Phi) is 5.51. The van der Waals surface area contributed by atoms with Crippen molar-refractivity contribution in [3.05, 3.63) is 17.2 Å². The van der Waals surface area contributed by atoms with Crippen LogP contribution in [0.5, 0.6) is 0 Å². The van der Waals surface area contributed by atoms with Crippen LogP contribution in [-0.2, 0) is 14.2 Å². The Hall–Kier alpha value is -2.58. The van der Waals surface area contributed by atoms with Gasteiger partial charge in [0, 0.05) is 0 Å². The molecule has 0 saturated carbocycles. The molecule has 0 N–H and O–H groups in total. The highest BCUT2D eigenvalue weighted by molar-refractivity contribution is 6.00. The summed E-state index contributed by atoms with van der Waals surface area (Å²) in [5, 5.41) is 6.89. The predicted octanol–water partition coefficient (Wildman–Crippen LogP) is 0.0116. The van der Waals surface area contributed by atoms with Crippen molar-refractivity contribution in [2.45, 2.75) is 13.8 Å². The van der Waals surface area contributed by atoms with Crippen molar-refractivity contribution in [3.63, 3.8) is 0 Å². The largest absolute Gasteiger partial charge is 0.463 e. The van der Waals surface area contributed by atoms with Gasteiger partial charge in [0.25, 0.3) is 5.82 Å². The maximum absolute atomic E-state index is 11.7. The number of aromatic nitrogens is 3. The van der Waals surface area contributed by atoms with Gasteiger partial charge in [-0.25, -0.2) is 19.4 Å². The van der Waals surface area contributed by atoms with Crippen LogP contribution in [0.25, 0.3) is 0 Å². The summed E-state index contributed by atoms with van der Waals surface area (Å²) in [5.41, 5.74) is -0.862. The molecule has 0 radical (unpaired) electrons. The summed E-state index contributed by atoms with van der Waals surface area (Å²) >= 11 is 0. The van der Waals surface area contributed by atoms with Crippen molar-refractivity contribution in [1.82, 2.24) is 15.2 Å². The summed E-state index contributed by atoms with van der Waals surface area (Å²) in [5.74, 6) is -3.13. The molecule has 1 rings (SSSR count). The average molecular weight is 283 g/mol. The third-order valence-electron chi connectivity index (χ3n) is 1.99. The SMILES string of the molecule is CCOC(=O)c1nnc(C(=O)OC)nc1C(=O)OCC. The monoisotopic (exact) mass is 283 g/mol. The number of esters is 3. The Morgan fingerprint density at radius 3 is 1.95 bits per heavy atom. The lowest BCUT2D eigenvalue weighted by atomic mass is 10.3. The number of rotatable bonds is 5. The molecule has 0 fully saturated rings. The van der Waals surface area contributed by atoms with Crippen LogP contribution in [0.1, 0.15) is 45.4 Å². The van der Waals surface area contributed by atoms with Crippen LogP contribution < -0.4 is 0 Å². The van der Waals surface area contributed by atoms with Gasteiger partial charge in [-0.1, -0.05) is 0 Å². The molecule has 0 aromatic carbocycles. The van der Waals surface area contributed by atoms with E-state index in [1.165, 1.54) is 0 Å². The van der Waals surface area contributed by atoms with Gasteiger partial charge >= 0.3 is 17.9 Å². The Bertz CT molecular complexity index is 531. The minimum absolute atomic E-state index is 0.0681. The van der Waals surface area contributed by atoms with Crippen molar-refractivity contribution >= 4 is 17.9 Å². The van der Waals surface area contributed by atoms with Crippen molar-refractivity contribution in [1.29, 1.82) is 0 Å². The molecular formula is C11H13N3O6. The van der Waals surface area contributed by atoms with E-state index < -0.39 is 35.1 Å². The summed E-state index contributed by atoms with van der Waals surface area (Å²) in [7, 11) is 1.12. The van der Waals surface area contributed by atoms with Gasteiger partial charge in [0.05, 0.1) is 20.3 Å². The van der Waals surface area contributed by atoms with Crippen LogP contribution in [0.4, 0.5) is 0 Å². The van der Waals surface area contributed by atoms with Crippen LogP contribution in [0, 0.1) is 0 Å². The highest BCUT2D eigenvalue weighted by Crippen LogP contribution is 2.07. The number of nitrogens with zero attached hydrogens (tertiary/aromatic N) is 3. The molecule has 0 aliphatic heterocycles. The Labute approximate surface area is 114 Å². The van der Waals surface area contributed by atoms with Crippen LogP contribution in [0.2, 0.25) is 0 Å². The Morgan fingerprint density at radius 1 is 0.900 bits per heavy atom. The zero-order valence-corrected chi connectivity index (χ0v) is 11.2. The lowest BCUT2D eigenvalue weighted by molar-refractivity contribution is 0.0461. The maximum atomic E-state index is 11.7. The number of hydrogen-bond acceptors (Lipinski definition) is 9. The van der Waals surface area contributed by atoms with Gasteiger partial charge in [-0.05, 0) is 13.8 Å². The summed E-state index contributed by atoms with van der Waals surface area (Å²) in [6, 6.07) is 0. The molecule has 1 aromatic rings. The number of carbonyl (C=O) groups is 3. The molecule has 0 unspecified atom stereocenters. The van der Waals surface area contributed by atoms with Gasteiger partial charge in [0.15, 0.2) is 5.69 Å².